The molecule has 1 atom stereocenters. The van der Waals surface area contributed by atoms with Gasteiger partial charge in [0.25, 0.3) is 0 Å². The fourth-order valence-electron chi connectivity index (χ4n) is 1.98. The van der Waals surface area contributed by atoms with Crippen molar-refractivity contribution in [1.82, 2.24) is 4.98 Å². The molecule has 0 saturated carbocycles. The minimum Gasteiger partial charge on any atom is -0.398 e. The first-order valence-electron chi connectivity index (χ1n) is 5.98. The molecule has 1 unspecified atom stereocenters. The summed E-state index contributed by atoms with van der Waals surface area (Å²) in [5.74, 6) is 0.276. The van der Waals surface area contributed by atoms with Crippen LogP contribution in [0.4, 0.5) is 24.7 Å². The predicted molar refractivity (Wildman–Crippen MR) is 71.3 cm³/mol. The second kappa shape index (κ2) is 5.54. The Kier molecular flexibility index (Phi) is 3.99. The van der Waals surface area contributed by atoms with Crippen LogP contribution in [0.2, 0.25) is 0 Å². The number of aliphatic hydroxyl groups is 1. The fraction of sp³-hybridized carbons (Fsp3) is 0.308. The summed E-state index contributed by atoms with van der Waals surface area (Å²) in [5.41, 5.74) is 6.32. The van der Waals surface area contributed by atoms with Gasteiger partial charge in [0.1, 0.15) is 5.82 Å². The lowest BCUT2D eigenvalue weighted by molar-refractivity contribution is -0.138. The van der Waals surface area contributed by atoms with E-state index in [0.29, 0.717) is 16.5 Å². The molecule has 108 valence electrons. The molecule has 1 aromatic heterocycles. The summed E-state index contributed by atoms with van der Waals surface area (Å²) in [6.45, 7) is -0.639. The van der Waals surface area contributed by atoms with E-state index in [9.17, 15) is 13.2 Å². The number of pyridine rings is 1. The quantitative estimate of drug-likeness (QED) is 0.755. The van der Waals surface area contributed by atoms with Gasteiger partial charge in [-0.1, -0.05) is 12.1 Å². The zero-order valence-corrected chi connectivity index (χ0v) is 10.5. The van der Waals surface area contributed by atoms with Crippen LogP contribution in [0, 0.1) is 0 Å². The van der Waals surface area contributed by atoms with Crippen molar-refractivity contribution in [3.05, 3.63) is 30.5 Å². The number of halogens is 3. The summed E-state index contributed by atoms with van der Waals surface area (Å²) in [6.07, 6.45) is -4.03. The highest BCUT2D eigenvalue weighted by Crippen LogP contribution is 2.28. The minimum atomic E-state index is -4.36. The van der Waals surface area contributed by atoms with Gasteiger partial charge in [-0.3, -0.25) is 0 Å². The first kappa shape index (κ1) is 14.4. The molecule has 0 bridgehead atoms. The first-order valence-corrected chi connectivity index (χ1v) is 5.98. The number of nitrogens with two attached hydrogens (primary N) is 1. The molecule has 7 heteroatoms. The maximum Gasteiger partial charge on any atom is 0.391 e. The number of nitrogens with one attached hydrogen (secondary N) is 1. The molecule has 4 nitrogen and oxygen atoms in total. The molecule has 4 N–H and O–H groups in total. The number of alkyl halides is 3. The van der Waals surface area contributed by atoms with E-state index in [1.807, 2.05) is 0 Å². The largest absolute Gasteiger partial charge is 0.398 e. The molecule has 0 aliphatic carbocycles. The van der Waals surface area contributed by atoms with E-state index in [1.54, 1.807) is 24.3 Å². The second-order valence-corrected chi connectivity index (χ2v) is 4.45. The van der Waals surface area contributed by atoms with E-state index < -0.39 is 25.2 Å². The summed E-state index contributed by atoms with van der Waals surface area (Å²) in [6, 6.07) is 5.65. The molecule has 0 aliphatic heterocycles. The number of benzene rings is 1. The Hall–Kier alpha value is -2.02. The molecule has 20 heavy (non-hydrogen) atoms. The van der Waals surface area contributed by atoms with Crippen LogP contribution in [0.15, 0.2) is 30.5 Å². The third kappa shape index (κ3) is 3.30. The Balaban J connectivity index is 2.31. The van der Waals surface area contributed by atoms with Crippen molar-refractivity contribution in [2.45, 2.75) is 18.6 Å². The normalized spacial score (nSPS) is 13.4. The Labute approximate surface area is 113 Å². The number of nitrogens with zero attached hydrogens (tertiary/aromatic N) is 1. The molecule has 0 fully saturated rings. The van der Waals surface area contributed by atoms with Crippen LogP contribution in [0.1, 0.15) is 6.42 Å². The molecule has 0 radical (unpaired) electrons. The van der Waals surface area contributed by atoms with Crippen molar-refractivity contribution < 1.29 is 18.3 Å². The van der Waals surface area contributed by atoms with Crippen molar-refractivity contribution in [1.29, 1.82) is 0 Å². The third-order valence-electron chi connectivity index (χ3n) is 2.88. The highest BCUT2D eigenvalue weighted by molar-refractivity contribution is 5.99. The van der Waals surface area contributed by atoms with Crippen LogP contribution >= 0.6 is 0 Å². The van der Waals surface area contributed by atoms with Gasteiger partial charge in [0.15, 0.2) is 0 Å². The number of fused-ring (bicyclic) bond motifs is 1. The summed E-state index contributed by atoms with van der Waals surface area (Å²) in [7, 11) is 0. The summed E-state index contributed by atoms with van der Waals surface area (Å²) < 4.78 is 37.1. The molecule has 2 aromatic rings. The molecule has 0 spiro atoms. The van der Waals surface area contributed by atoms with E-state index in [0.717, 1.165) is 0 Å². The zero-order chi connectivity index (χ0) is 14.8. The van der Waals surface area contributed by atoms with Gasteiger partial charge >= 0.3 is 6.18 Å². The number of hydrogen-bond acceptors (Lipinski definition) is 4. The van der Waals surface area contributed by atoms with Crippen LogP contribution < -0.4 is 11.1 Å². The highest BCUT2D eigenvalue weighted by atomic mass is 19.4. The van der Waals surface area contributed by atoms with Crippen LogP contribution in [0.25, 0.3) is 10.8 Å². The molecule has 1 aromatic carbocycles. The zero-order valence-electron chi connectivity index (χ0n) is 10.5. The van der Waals surface area contributed by atoms with Gasteiger partial charge in [-0.25, -0.2) is 4.98 Å². The standard InChI is InChI=1S/C13H14F3N3O/c14-13(15,16)6-8(7-20)19-12-10-2-1-3-11(17)9(10)4-5-18-12/h1-5,8,20H,6-7,17H2,(H,18,19). The van der Waals surface area contributed by atoms with Crippen molar-refractivity contribution in [2.75, 3.05) is 17.7 Å². The van der Waals surface area contributed by atoms with E-state index in [4.69, 9.17) is 10.8 Å². The van der Waals surface area contributed by atoms with Gasteiger partial charge in [-0.2, -0.15) is 13.2 Å². The Morgan fingerprint density at radius 2 is 2.00 bits per heavy atom. The van der Waals surface area contributed by atoms with Crippen molar-refractivity contribution >= 4 is 22.3 Å². The molecule has 2 rings (SSSR count). The number of aliphatic hydroxyl groups excluding tert-OH is 1. The van der Waals surface area contributed by atoms with Crippen molar-refractivity contribution in [2.24, 2.45) is 0 Å². The van der Waals surface area contributed by atoms with E-state index in [1.165, 1.54) is 6.20 Å². The monoisotopic (exact) mass is 285 g/mol. The average Bonchev–Trinajstić information content (AvgIpc) is 2.37. The molecule has 0 amide bonds. The third-order valence-corrected chi connectivity index (χ3v) is 2.88. The fourth-order valence-corrected chi connectivity index (χ4v) is 1.98. The SMILES string of the molecule is Nc1cccc2c(NC(CO)CC(F)(F)F)nccc12. The Morgan fingerprint density at radius 1 is 1.25 bits per heavy atom. The number of hydrogen-bond donors (Lipinski definition) is 3. The van der Waals surface area contributed by atoms with Crippen molar-refractivity contribution in [3.63, 3.8) is 0 Å². The van der Waals surface area contributed by atoms with Gasteiger partial charge in [0, 0.05) is 22.7 Å². The molecule has 1 heterocycles. The number of anilines is 2. The van der Waals surface area contributed by atoms with Crippen LogP contribution in [0.5, 0.6) is 0 Å². The lowest BCUT2D eigenvalue weighted by atomic mass is 10.1. The molecule has 0 aliphatic rings. The maximum atomic E-state index is 12.4. The number of nitrogen functional groups attached to an aromatic ring is 1. The van der Waals surface area contributed by atoms with Gasteiger partial charge in [0.2, 0.25) is 0 Å². The van der Waals surface area contributed by atoms with Crippen LogP contribution in [-0.4, -0.2) is 28.9 Å². The molecular formula is C13H14F3N3O. The summed E-state index contributed by atoms with van der Waals surface area (Å²) in [5, 5.41) is 13.0. The Morgan fingerprint density at radius 3 is 2.65 bits per heavy atom. The van der Waals surface area contributed by atoms with Gasteiger partial charge in [-0.05, 0) is 12.1 Å². The summed E-state index contributed by atoms with van der Waals surface area (Å²) in [4.78, 5) is 4.02. The van der Waals surface area contributed by atoms with E-state index in [2.05, 4.69) is 10.3 Å². The van der Waals surface area contributed by atoms with Crippen molar-refractivity contribution in [3.8, 4) is 0 Å². The lowest BCUT2D eigenvalue weighted by Crippen LogP contribution is -2.30. The Bertz CT molecular complexity index is 601. The lowest BCUT2D eigenvalue weighted by Gasteiger charge is -2.19. The predicted octanol–water partition coefficient (Wildman–Crippen LogP) is 2.54. The van der Waals surface area contributed by atoms with Gasteiger partial charge in [0.05, 0.1) is 19.1 Å². The average molecular weight is 285 g/mol. The molecular weight excluding hydrogens is 271 g/mol. The van der Waals surface area contributed by atoms with E-state index >= 15 is 0 Å². The first-order chi connectivity index (χ1) is 9.40. The van der Waals surface area contributed by atoms with Crippen LogP contribution in [0.3, 0.4) is 0 Å². The number of aromatic nitrogens is 1. The highest BCUT2D eigenvalue weighted by Gasteiger charge is 2.31. The van der Waals surface area contributed by atoms with Crippen LogP contribution in [-0.2, 0) is 0 Å². The smallest absolute Gasteiger partial charge is 0.391 e. The number of rotatable bonds is 4. The van der Waals surface area contributed by atoms with E-state index in [-0.39, 0.29) is 5.82 Å². The topological polar surface area (TPSA) is 71.2 Å². The van der Waals surface area contributed by atoms with Gasteiger partial charge < -0.3 is 16.2 Å². The molecule has 0 saturated heterocycles. The second-order valence-electron chi connectivity index (χ2n) is 4.45. The van der Waals surface area contributed by atoms with Gasteiger partial charge in [-0.15, -0.1) is 0 Å². The summed E-state index contributed by atoms with van der Waals surface area (Å²) >= 11 is 0. The maximum absolute atomic E-state index is 12.4. The minimum absolute atomic E-state index is 0.276.